The van der Waals surface area contributed by atoms with Gasteiger partial charge in [0.15, 0.2) is 17.3 Å². The molecule has 2 aliphatic rings. The molecule has 5 rings (SSSR count). The first kappa shape index (κ1) is 18.2. The van der Waals surface area contributed by atoms with Crippen LogP contribution in [0.15, 0.2) is 60.4 Å². The lowest BCUT2D eigenvalue weighted by atomic mass is 10.1. The molecule has 3 aromatic carbocycles. The fourth-order valence-electron chi connectivity index (χ4n) is 3.24. The summed E-state index contributed by atoms with van der Waals surface area (Å²) in [5.74, 6) is 0.409. The second-order valence-corrected chi connectivity index (χ2v) is 6.70. The molecule has 0 unspecified atom stereocenters. The number of hydrogen-bond acceptors (Lipinski definition) is 5. The van der Waals surface area contributed by atoms with Crippen molar-refractivity contribution in [2.45, 2.75) is 6.61 Å². The molecule has 30 heavy (non-hydrogen) atoms. The van der Waals surface area contributed by atoms with E-state index in [1.54, 1.807) is 36.4 Å². The highest BCUT2D eigenvalue weighted by Gasteiger charge is 2.28. The molecule has 5 nitrogen and oxygen atoms in total. The normalized spacial score (nSPS) is 15.3. The maximum atomic E-state index is 13.8. The fourth-order valence-corrected chi connectivity index (χ4v) is 3.24. The summed E-state index contributed by atoms with van der Waals surface area (Å²) in [7, 11) is 0. The Kier molecular flexibility index (Phi) is 4.35. The number of allylic oxidation sites excluding steroid dienone is 1. The van der Waals surface area contributed by atoms with Crippen LogP contribution in [0, 0.1) is 11.6 Å². The van der Waals surface area contributed by atoms with Gasteiger partial charge in [-0.15, -0.1) is 0 Å². The number of carbonyl (C=O) groups excluding carboxylic acids is 1. The minimum Gasteiger partial charge on any atom is -0.489 e. The number of benzene rings is 3. The van der Waals surface area contributed by atoms with Gasteiger partial charge in [0.05, 0.1) is 11.1 Å². The largest absolute Gasteiger partial charge is 0.489 e. The number of fused-ring (bicyclic) bond motifs is 2. The molecule has 7 heteroatoms. The Morgan fingerprint density at radius 3 is 2.57 bits per heavy atom. The lowest BCUT2D eigenvalue weighted by Gasteiger charge is -2.09. The summed E-state index contributed by atoms with van der Waals surface area (Å²) in [6.07, 6.45) is 1.61. The van der Waals surface area contributed by atoms with Crippen LogP contribution in [0.25, 0.3) is 6.08 Å². The first-order valence-electron chi connectivity index (χ1n) is 9.12. The Morgan fingerprint density at radius 1 is 0.933 bits per heavy atom. The lowest BCUT2D eigenvalue weighted by Crippen LogP contribution is -2.01. The summed E-state index contributed by atoms with van der Waals surface area (Å²) in [5.41, 5.74) is 0.937. The highest BCUT2D eigenvalue weighted by molar-refractivity contribution is 6.14. The van der Waals surface area contributed by atoms with E-state index in [2.05, 4.69) is 0 Å². The average molecular weight is 408 g/mol. The van der Waals surface area contributed by atoms with E-state index in [1.807, 2.05) is 0 Å². The van der Waals surface area contributed by atoms with Crippen molar-refractivity contribution < 1.29 is 32.5 Å². The quantitative estimate of drug-likeness (QED) is 0.576. The molecule has 150 valence electrons. The van der Waals surface area contributed by atoms with Crippen LogP contribution < -0.4 is 18.9 Å². The molecule has 0 aliphatic carbocycles. The number of rotatable bonds is 4. The molecule has 0 spiro atoms. The van der Waals surface area contributed by atoms with Gasteiger partial charge in [-0.2, -0.15) is 0 Å². The Morgan fingerprint density at radius 2 is 1.73 bits per heavy atom. The molecule has 0 radical (unpaired) electrons. The lowest BCUT2D eigenvalue weighted by molar-refractivity contribution is 0.101. The molecule has 3 aromatic rings. The Balaban J connectivity index is 1.35. The standard InChI is InChI=1S/C23H14F2O5/c24-17-2-1-3-18(25)16(17)11-27-14-5-6-15-20(10-14)30-22(23(15)26)9-13-4-7-19-21(8-13)29-12-28-19/h1-10H,11-12H2/b22-9-. The topological polar surface area (TPSA) is 54.0 Å². The van der Waals surface area contributed by atoms with Gasteiger partial charge in [-0.1, -0.05) is 12.1 Å². The zero-order valence-electron chi connectivity index (χ0n) is 15.5. The van der Waals surface area contributed by atoms with Crippen LogP contribution in [0.4, 0.5) is 8.78 Å². The third kappa shape index (κ3) is 3.24. The average Bonchev–Trinajstić information content (AvgIpc) is 3.32. The van der Waals surface area contributed by atoms with E-state index in [0.29, 0.717) is 28.6 Å². The van der Waals surface area contributed by atoms with E-state index in [9.17, 15) is 13.6 Å². The second-order valence-electron chi connectivity index (χ2n) is 6.70. The molecule has 0 saturated heterocycles. The van der Waals surface area contributed by atoms with E-state index >= 15 is 0 Å². The molecular formula is C23H14F2O5. The molecule has 0 aromatic heterocycles. The second kappa shape index (κ2) is 7.18. The van der Waals surface area contributed by atoms with Crippen molar-refractivity contribution in [1.29, 1.82) is 0 Å². The van der Waals surface area contributed by atoms with Gasteiger partial charge in [0.2, 0.25) is 12.6 Å². The number of ether oxygens (including phenoxy) is 4. The summed E-state index contributed by atoms with van der Waals surface area (Å²) in [6.45, 7) is -0.124. The van der Waals surface area contributed by atoms with E-state index in [-0.39, 0.29) is 30.5 Å². The third-order valence-electron chi connectivity index (χ3n) is 4.78. The van der Waals surface area contributed by atoms with E-state index < -0.39 is 11.6 Å². The van der Waals surface area contributed by atoms with Gasteiger partial charge >= 0.3 is 0 Å². The van der Waals surface area contributed by atoms with Crippen molar-refractivity contribution in [3.8, 4) is 23.0 Å². The van der Waals surface area contributed by atoms with Gasteiger partial charge in [-0.05, 0) is 48.0 Å². The molecule has 0 amide bonds. The molecular weight excluding hydrogens is 394 g/mol. The van der Waals surface area contributed by atoms with E-state index in [0.717, 1.165) is 5.56 Å². The van der Waals surface area contributed by atoms with Gasteiger partial charge in [-0.25, -0.2) is 8.78 Å². The molecule has 0 bridgehead atoms. The first-order valence-corrected chi connectivity index (χ1v) is 9.12. The highest BCUT2D eigenvalue weighted by atomic mass is 19.1. The summed E-state index contributed by atoms with van der Waals surface area (Å²) < 4.78 is 49.3. The predicted octanol–water partition coefficient (Wildman–Crippen LogP) is 4.89. The third-order valence-corrected chi connectivity index (χ3v) is 4.78. The van der Waals surface area contributed by atoms with Gasteiger partial charge in [0.25, 0.3) is 0 Å². The molecule has 0 fully saturated rings. The van der Waals surface area contributed by atoms with Crippen molar-refractivity contribution in [2.24, 2.45) is 0 Å². The Bertz CT molecular complexity index is 1180. The van der Waals surface area contributed by atoms with Gasteiger partial charge < -0.3 is 18.9 Å². The van der Waals surface area contributed by atoms with Crippen molar-refractivity contribution in [3.05, 3.63) is 88.7 Å². The Labute approximate surface area is 170 Å². The maximum Gasteiger partial charge on any atom is 0.231 e. The minimum atomic E-state index is -0.684. The summed E-state index contributed by atoms with van der Waals surface area (Å²) >= 11 is 0. The van der Waals surface area contributed by atoms with Crippen molar-refractivity contribution >= 4 is 11.9 Å². The molecule has 0 N–H and O–H groups in total. The molecule has 2 aliphatic heterocycles. The van der Waals surface area contributed by atoms with Gasteiger partial charge in [0, 0.05) is 6.07 Å². The number of halogens is 2. The maximum absolute atomic E-state index is 13.8. The summed E-state index contributed by atoms with van der Waals surface area (Å²) in [5, 5.41) is 0. The molecule has 0 saturated carbocycles. The summed E-state index contributed by atoms with van der Waals surface area (Å²) in [4.78, 5) is 12.6. The predicted molar refractivity (Wildman–Crippen MR) is 103 cm³/mol. The summed E-state index contributed by atoms with van der Waals surface area (Å²) in [6, 6.07) is 13.6. The zero-order chi connectivity index (χ0) is 20.7. The van der Waals surface area contributed by atoms with Gasteiger partial charge in [0.1, 0.15) is 29.7 Å². The van der Waals surface area contributed by atoms with Crippen LogP contribution in [0.3, 0.4) is 0 Å². The monoisotopic (exact) mass is 408 g/mol. The van der Waals surface area contributed by atoms with Crippen LogP contribution in [0.1, 0.15) is 21.5 Å². The van der Waals surface area contributed by atoms with Crippen molar-refractivity contribution in [2.75, 3.05) is 6.79 Å². The fraction of sp³-hybridized carbons (Fsp3) is 0.0870. The van der Waals surface area contributed by atoms with Gasteiger partial charge in [-0.3, -0.25) is 4.79 Å². The van der Waals surface area contributed by atoms with Crippen molar-refractivity contribution in [1.82, 2.24) is 0 Å². The van der Waals surface area contributed by atoms with Crippen LogP contribution in [0.2, 0.25) is 0 Å². The number of Topliss-reactive ketones (excluding diaryl/α,β-unsaturated/α-hetero) is 1. The minimum absolute atomic E-state index is 0.154. The van der Waals surface area contributed by atoms with E-state index in [1.165, 1.54) is 24.3 Å². The van der Waals surface area contributed by atoms with Crippen molar-refractivity contribution in [3.63, 3.8) is 0 Å². The van der Waals surface area contributed by atoms with Crippen LogP contribution in [-0.2, 0) is 6.61 Å². The Hall–Kier alpha value is -3.87. The van der Waals surface area contributed by atoms with Crippen LogP contribution >= 0.6 is 0 Å². The van der Waals surface area contributed by atoms with Crippen LogP contribution in [0.5, 0.6) is 23.0 Å². The molecule has 2 heterocycles. The number of hydrogen-bond donors (Lipinski definition) is 0. The smallest absolute Gasteiger partial charge is 0.231 e. The molecule has 0 atom stereocenters. The SMILES string of the molecule is O=C1/C(=C/c2ccc3c(c2)OCO3)Oc2cc(OCc3c(F)cccc3F)ccc21. The zero-order valence-corrected chi connectivity index (χ0v) is 15.5. The first-order chi connectivity index (χ1) is 14.6. The highest BCUT2D eigenvalue weighted by Crippen LogP contribution is 2.37. The number of carbonyl (C=O) groups is 1. The van der Waals surface area contributed by atoms with Crippen LogP contribution in [-0.4, -0.2) is 12.6 Å². The van der Waals surface area contributed by atoms with E-state index in [4.69, 9.17) is 18.9 Å². The number of ketones is 1.